The second-order valence-electron chi connectivity index (χ2n) is 3.75. The van der Waals surface area contributed by atoms with Gasteiger partial charge >= 0.3 is 0 Å². The van der Waals surface area contributed by atoms with Crippen LogP contribution in [0.1, 0.15) is 15.9 Å². The van der Waals surface area contributed by atoms with E-state index in [0.717, 1.165) is 12.3 Å². The number of rotatable bonds is 2. The van der Waals surface area contributed by atoms with Gasteiger partial charge in [0.1, 0.15) is 17.0 Å². The number of hydrogen-bond donors (Lipinski definition) is 1. The van der Waals surface area contributed by atoms with Crippen molar-refractivity contribution in [2.45, 2.75) is 0 Å². The molecule has 100 valence electrons. The monoisotopic (exact) mass is 353 g/mol. The van der Waals surface area contributed by atoms with Crippen molar-refractivity contribution >= 4 is 39.1 Å². The van der Waals surface area contributed by atoms with Gasteiger partial charge in [-0.2, -0.15) is 5.26 Å². The molecule has 0 aliphatic carbocycles. The second-order valence-corrected chi connectivity index (χ2v) is 5.02. The standard InChI is InChI=1S/C13H6BrClFN3O/c14-8-1-2-11(7(3-8)5-17)19-13(20)10-4-9(16)6-18-12(10)15/h1-4,6H,(H,19,20). The Hall–Kier alpha value is -1.97. The Morgan fingerprint density at radius 3 is 2.90 bits per heavy atom. The van der Waals surface area contributed by atoms with Crippen LogP contribution in [0.2, 0.25) is 5.15 Å². The first-order chi connectivity index (χ1) is 9.51. The Bertz CT molecular complexity index is 730. The number of nitrogens with zero attached hydrogens (tertiary/aromatic N) is 2. The summed E-state index contributed by atoms with van der Waals surface area (Å²) in [6, 6.07) is 7.72. The van der Waals surface area contributed by atoms with E-state index in [2.05, 4.69) is 26.2 Å². The molecule has 0 fully saturated rings. The van der Waals surface area contributed by atoms with Gasteiger partial charge in [0.15, 0.2) is 0 Å². The molecular weight excluding hydrogens is 349 g/mol. The van der Waals surface area contributed by atoms with Crippen LogP contribution in [-0.2, 0) is 0 Å². The molecule has 0 saturated heterocycles. The zero-order chi connectivity index (χ0) is 14.7. The molecule has 0 unspecified atom stereocenters. The number of benzene rings is 1. The first kappa shape index (κ1) is 14.4. The number of halogens is 3. The average molecular weight is 355 g/mol. The fourth-order valence-electron chi connectivity index (χ4n) is 1.49. The highest BCUT2D eigenvalue weighted by atomic mass is 79.9. The highest BCUT2D eigenvalue weighted by Gasteiger charge is 2.14. The van der Waals surface area contributed by atoms with Gasteiger partial charge < -0.3 is 5.32 Å². The average Bonchev–Trinajstić information content (AvgIpc) is 2.43. The molecule has 7 heteroatoms. The number of carbonyl (C=O) groups is 1. The Labute approximate surface area is 127 Å². The summed E-state index contributed by atoms with van der Waals surface area (Å²) in [4.78, 5) is 15.6. The molecule has 0 atom stereocenters. The van der Waals surface area contributed by atoms with Gasteiger partial charge in [-0.1, -0.05) is 27.5 Å². The van der Waals surface area contributed by atoms with Crippen LogP contribution in [0.4, 0.5) is 10.1 Å². The van der Waals surface area contributed by atoms with E-state index in [-0.39, 0.29) is 16.3 Å². The molecule has 0 aliphatic heterocycles. The Morgan fingerprint density at radius 2 is 2.20 bits per heavy atom. The molecule has 20 heavy (non-hydrogen) atoms. The van der Waals surface area contributed by atoms with Crippen molar-refractivity contribution in [1.29, 1.82) is 5.26 Å². The zero-order valence-corrected chi connectivity index (χ0v) is 12.2. The minimum atomic E-state index is -0.670. The van der Waals surface area contributed by atoms with E-state index in [1.807, 2.05) is 6.07 Å². The van der Waals surface area contributed by atoms with Crippen LogP contribution in [-0.4, -0.2) is 10.9 Å². The van der Waals surface area contributed by atoms with Gasteiger partial charge in [0.05, 0.1) is 23.0 Å². The molecule has 4 nitrogen and oxygen atoms in total. The Kier molecular flexibility index (Phi) is 4.32. The maximum absolute atomic E-state index is 13.1. The first-order valence-corrected chi connectivity index (χ1v) is 6.50. The molecule has 0 spiro atoms. The molecule has 0 radical (unpaired) electrons. The lowest BCUT2D eigenvalue weighted by Crippen LogP contribution is -2.14. The third-order valence-electron chi connectivity index (χ3n) is 2.40. The van der Waals surface area contributed by atoms with Gasteiger partial charge in [-0.25, -0.2) is 9.37 Å². The summed E-state index contributed by atoms with van der Waals surface area (Å²) in [5.41, 5.74) is 0.479. The van der Waals surface area contributed by atoms with E-state index in [0.29, 0.717) is 10.2 Å². The summed E-state index contributed by atoms with van der Waals surface area (Å²) >= 11 is 8.97. The predicted molar refractivity (Wildman–Crippen MR) is 76.0 cm³/mol. The fourth-order valence-corrected chi connectivity index (χ4v) is 2.04. The summed E-state index contributed by atoms with van der Waals surface area (Å²) in [5, 5.41) is 11.4. The van der Waals surface area contributed by atoms with Crippen molar-refractivity contribution in [3.63, 3.8) is 0 Å². The van der Waals surface area contributed by atoms with Gasteiger partial charge in [0.25, 0.3) is 5.91 Å². The van der Waals surface area contributed by atoms with Gasteiger partial charge in [-0.15, -0.1) is 0 Å². The molecule has 0 saturated carbocycles. The number of pyridine rings is 1. The molecule has 2 aromatic rings. The zero-order valence-electron chi connectivity index (χ0n) is 9.82. The van der Waals surface area contributed by atoms with E-state index >= 15 is 0 Å². The largest absolute Gasteiger partial charge is 0.321 e. The third-order valence-corrected chi connectivity index (χ3v) is 3.20. The molecular formula is C13H6BrClFN3O. The molecule has 1 heterocycles. The van der Waals surface area contributed by atoms with Crippen molar-refractivity contribution in [3.05, 3.63) is 57.0 Å². The first-order valence-electron chi connectivity index (χ1n) is 5.33. The van der Waals surface area contributed by atoms with Crippen LogP contribution >= 0.6 is 27.5 Å². The molecule has 0 aliphatic rings. The van der Waals surface area contributed by atoms with Crippen molar-refractivity contribution in [2.75, 3.05) is 5.32 Å². The van der Waals surface area contributed by atoms with Crippen molar-refractivity contribution in [1.82, 2.24) is 4.98 Å². The maximum atomic E-state index is 13.1. The third kappa shape index (κ3) is 3.13. The smallest absolute Gasteiger partial charge is 0.258 e. The normalized spacial score (nSPS) is 9.90. The van der Waals surface area contributed by atoms with Gasteiger partial charge in [-0.05, 0) is 24.3 Å². The number of carbonyl (C=O) groups excluding carboxylic acids is 1. The molecule has 1 aromatic heterocycles. The molecule has 1 N–H and O–H groups in total. The van der Waals surface area contributed by atoms with Gasteiger partial charge in [0.2, 0.25) is 0 Å². The highest BCUT2D eigenvalue weighted by Crippen LogP contribution is 2.22. The molecule has 1 amide bonds. The summed E-state index contributed by atoms with van der Waals surface area (Å²) < 4.78 is 13.8. The van der Waals surface area contributed by atoms with Gasteiger partial charge in [-0.3, -0.25) is 4.79 Å². The second kappa shape index (κ2) is 5.99. The van der Waals surface area contributed by atoms with Crippen LogP contribution in [0.3, 0.4) is 0 Å². The quantitative estimate of drug-likeness (QED) is 0.835. The number of hydrogen-bond acceptors (Lipinski definition) is 3. The van der Waals surface area contributed by atoms with Gasteiger partial charge in [0, 0.05) is 4.47 Å². The lowest BCUT2D eigenvalue weighted by molar-refractivity contribution is 0.102. The maximum Gasteiger partial charge on any atom is 0.258 e. The number of amides is 1. The minimum Gasteiger partial charge on any atom is -0.321 e. The number of nitriles is 1. The number of anilines is 1. The van der Waals surface area contributed by atoms with E-state index in [1.54, 1.807) is 18.2 Å². The van der Waals surface area contributed by atoms with Crippen LogP contribution < -0.4 is 5.32 Å². The lowest BCUT2D eigenvalue weighted by atomic mass is 10.2. The van der Waals surface area contributed by atoms with Crippen molar-refractivity contribution < 1.29 is 9.18 Å². The fraction of sp³-hybridized carbons (Fsp3) is 0. The topological polar surface area (TPSA) is 65.8 Å². The van der Waals surface area contributed by atoms with Crippen LogP contribution in [0.15, 0.2) is 34.9 Å². The summed E-state index contributed by atoms with van der Waals surface area (Å²) in [5.74, 6) is -1.31. The van der Waals surface area contributed by atoms with Crippen LogP contribution in [0.25, 0.3) is 0 Å². The predicted octanol–water partition coefficient (Wildman–Crippen LogP) is 3.76. The van der Waals surface area contributed by atoms with Crippen LogP contribution in [0.5, 0.6) is 0 Å². The summed E-state index contributed by atoms with van der Waals surface area (Å²) in [6.07, 6.45) is 0.916. The van der Waals surface area contributed by atoms with E-state index in [1.165, 1.54) is 0 Å². The SMILES string of the molecule is N#Cc1cc(Br)ccc1NC(=O)c1cc(F)cnc1Cl. The van der Waals surface area contributed by atoms with E-state index < -0.39 is 11.7 Å². The summed E-state index contributed by atoms with van der Waals surface area (Å²) in [6.45, 7) is 0. The Balaban J connectivity index is 2.33. The number of aromatic nitrogens is 1. The Morgan fingerprint density at radius 1 is 1.45 bits per heavy atom. The molecule has 2 rings (SSSR count). The minimum absolute atomic E-state index is 0.0986. The van der Waals surface area contributed by atoms with Crippen LogP contribution in [0, 0.1) is 17.1 Å². The van der Waals surface area contributed by atoms with Crippen molar-refractivity contribution in [3.8, 4) is 6.07 Å². The summed E-state index contributed by atoms with van der Waals surface area (Å²) in [7, 11) is 0. The molecule has 0 bridgehead atoms. The van der Waals surface area contributed by atoms with E-state index in [4.69, 9.17) is 16.9 Å². The molecule has 1 aromatic carbocycles. The lowest BCUT2D eigenvalue weighted by Gasteiger charge is -2.08. The number of nitrogens with one attached hydrogen (secondary N) is 1. The van der Waals surface area contributed by atoms with Crippen molar-refractivity contribution in [2.24, 2.45) is 0 Å². The highest BCUT2D eigenvalue weighted by molar-refractivity contribution is 9.10. The van der Waals surface area contributed by atoms with E-state index in [9.17, 15) is 9.18 Å².